The highest BCUT2D eigenvalue weighted by Crippen LogP contribution is 2.11. The Morgan fingerprint density at radius 2 is 0.903 bits per heavy atom. The lowest BCUT2D eigenvalue weighted by Gasteiger charge is -2.02. The molecule has 5 heteroatoms. The number of nitrogens with two attached hydrogens (primary N) is 2. The zero-order valence-corrected chi connectivity index (χ0v) is 22.3. The van der Waals surface area contributed by atoms with Gasteiger partial charge in [0.2, 0.25) is 0 Å². The van der Waals surface area contributed by atoms with E-state index in [0.29, 0.717) is 0 Å². The molecule has 0 aliphatic heterocycles. The lowest BCUT2D eigenvalue weighted by molar-refractivity contribution is -0.597. The van der Waals surface area contributed by atoms with Crippen molar-refractivity contribution in [3.63, 3.8) is 0 Å². The van der Waals surface area contributed by atoms with Gasteiger partial charge in [0.1, 0.15) is 0 Å². The van der Waals surface area contributed by atoms with E-state index in [0.717, 1.165) is 32.1 Å². The molecule has 0 aromatic carbocycles. The van der Waals surface area contributed by atoms with Crippen molar-refractivity contribution in [3.05, 3.63) is 0 Å². The van der Waals surface area contributed by atoms with Crippen LogP contribution in [-0.4, -0.2) is 34.2 Å². The van der Waals surface area contributed by atoms with Crippen molar-refractivity contribution in [2.75, 3.05) is 28.2 Å². The van der Waals surface area contributed by atoms with Crippen molar-refractivity contribution >= 4 is 5.97 Å². The second-order valence-electron chi connectivity index (χ2n) is 8.08. The van der Waals surface area contributed by atoms with Gasteiger partial charge >= 0.3 is 0 Å². The van der Waals surface area contributed by atoms with Gasteiger partial charge in [-0.15, -0.1) is 11.8 Å². The summed E-state index contributed by atoms with van der Waals surface area (Å²) in [4.78, 5) is 10.3. The Morgan fingerprint density at radius 3 is 1.23 bits per heavy atom. The summed E-state index contributed by atoms with van der Waals surface area (Å²) in [5.74, 6) is 5.73. The zero-order chi connectivity index (χ0) is 23.1. The van der Waals surface area contributed by atoms with Crippen LogP contribution in [0.3, 0.4) is 0 Å². The number of aliphatic carboxylic acids is 1. The minimum absolute atomic E-state index is 0. The van der Waals surface area contributed by atoms with Crippen LogP contribution in [0.2, 0.25) is 0 Å². The van der Waals surface area contributed by atoms with Gasteiger partial charge < -0.3 is 32.9 Å². The van der Waals surface area contributed by atoms with Crippen LogP contribution in [0.5, 0.6) is 0 Å². The van der Waals surface area contributed by atoms with Crippen LogP contribution in [-0.2, 0) is 4.79 Å². The Morgan fingerprint density at radius 1 is 0.613 bits per heavy atom. The summed E-state index contributed by atoms with van der Waals surface area (Å²) in [7, 11) is 8.00. The van der Waals surface area contributed by atoms with Gasteiger partial charge in [0.15, 0.2) is 0 Å². The maximum atomic E-state index is 10.3. The Bertz CT molecular complexity index is 366. The van der Waals surface area contributed by atoms with Crippen LogP contribution >= 0.6 is 0 Å². The lowest BCUT2D eigenvalue weighted by atomic mass is 10.1. The maximum Gasteiger partial charge on any atom is 0.0647 e. The number of quaternary nitrogens is 2. The molecule has 0 amide bonds. The van der Waals surface area contributed by atoms with Gasteiger partial charge in [0, 0.05) is 18.8 Å². The molecule has 0 radical (unpaired) electrons. The summed E-state index contributed by atoms with van der Waals surface area (Å²) in [6.45, 7) is 2.26. The van der Waals surface area contributed by atoms with E-state index in [-0.39, 0.29) is 18.8 Å². The fourth-order valence-electron chi connectivity index (χ4n) is 2.89. The van der Waals surface area contributed by atoms with Crippen molar-refractivity contribution in [1.29, 1.82) is 0 Å². The van der Waals surface area contributed by atoms with Crippen LogP contribution in [0.15, 0.2) is 0 Å². The van der Waals surface area contributed by atoms with Crippen molar-refractivity contribution in [3.8, 4) is 11.8 Å². The summed E-state index contributed by atoms with van der Waals surface area (Å²) in [6, 6.07) is 0. The predicted octanol–water partition coefficient (Wildman–Crippen LogP) is 0.404. The van der Waals surface area contributed by atoms with Gasteiger partial charge in [-0.3, -0.25) is 0 Å². The number of halogens is 1. The summed E-state index contributed by atoms with van der Waals surface area (Å²) in [5.41, 5.74) is 0. The topological polar surface area (TPSA) is 73.3 Å². The molecular weight excluding hydrogens is 408 g/mol. The highest BCUT2D eigenvalue weighted by molar-refractivity contribution is 5.63. The molecule has 0 rings (SSSR count). The molecule has 4 N–H and O–H groups in total. The van der Waals surface area contributed by atoms with E-state index in [1.54, 1.807) is 0 Å². The van der Waals surface area contributed by atoms with E-state index in [1.807, 2.05) is 38.8 Å². The third-order valence-corrected chi connectivity index (χ3v) is 4.46. The predicted molar refractivity (Wildman–Crippen MR) is 129 cm³/mol. The van der Waals surface area contributed by atoms with Crippen molar-refractivity contribution < 1.29 is 32.9 Å². The van der Waals surface area contributed by atoms with E-state index in [4.69, 9.17) is 0 Å². The maximum absolute atomic E-state index is 10.3. The quantitative estimate of drug-likeness (QED) is 0.242. The number of unbranched alkanes of at least 4 members (excludes halogenated alkanes) is 15. The monoisotopic (exact) mass is 462 g/mol. The molecule has 0 unspecified atom stereocenters. The highest BCUT2D eigenvalue weighted by Gasteiger charge is 1.93. The molecule has 0 aromatic heterocycles. The SMILES string of the molecule is CCCCCCCCC#CCCCCCCCCCCCC(=O)[O-].C[NH2+]C.C[NH2+]C.[Cl-]. The van der Waals surface area contributed by atoms with Gasteiger partial charge in [0.25, 0.3) is 0 Å². The minimum atomic E-state index is -0.912. The number of hydrogen-bond acceptors (Lipinski definition) is 2. The van der Waals surface area contributed by atoms with Crippen molar-refractivity contribution in [1.82, 2.24) is 0 Å². The van der Waals surface area contributed by atoms with Crippen LogP contribution in [0, 0.1) is 11.8 Å². The first-order valence-corrected chi connectivity index (χ1v) is 12.7. The summed E-state index contributed by atoms with van der Waals surface area (Å²) < 4.78 is 0. The number of carbonyl (C=O) groups is 1. The molecule has 31 heavy (non-hydrogen) atoms. The zero-order valence-electron chi connectivity index (χ0n) is 21.6. The number of hydrogen-bond donors (Lipinski definition) is 2. The molecule has 4 nitrogen and oxygen atoms in total. The van der Waals surface area contributed by atoms with E-state index in [2.05, 4.69) is 18.8 Å². The molecule has 0 spiro atoms. The Balaban J connectivity index is -0.000000463. The van der Waals surface area contributed by atoms with Gasteiger partial charge in [-0.25, -0.2) is 0 Å². The number of rotatable bonds is 17. The largest absolute Gasteiger partial charge is 1.00 e. The van der Waals surface area contributed by atoms with Gasteiger partial charge in [-0.1, -0.05) is 84.0 Å². The first-order valence-electron chi connectivity index (χ1n) is 12.7. The Kier molecular flexibility index (Phi) is 48.1. The molecule has 0 fully saturated rings. The average Bonchev–Trinajstić information content (AvgIpc) is 2.71. The summed E-state index contributed by atoms with van der Waals surface area (Å²) >= 11 is 0. The van der Waals surface area contributed by atoms with E-state index in [1.165, 1.54) is 77.0 Å². The number of carboxylic acids is 1. The summed E-state index contributed by atoms with van der Waals surface area (Å²) in [6.07, 6.45) is 21.2. The third kappa shape index (κ3) is 53.0. The van der Waals surface area contributed by atoms with E-state index in [9.17, 15) is 9.90 Å². The number of carbonyl (C=O) groups excluding carboxylic acids is 1. The molecule has 0 aliphatic rings. The highest BCUT2D eigenvalue weighted by atomic mass is 35.5. The van der Waals surface area contributed by atoms with Crippen molar-refractivity contribution in [2.45, 2.75) is 122 Å². The first kappa shape index (κ1) is 37.5. The van der Waals surface area contributed by atoms with Gasteiger partial charge in [-0.05, 0) is 25.7 Å². The molecule has 0 heterocycles. The Labute approximate surface area is 201 Å². The minimum Gasteiger partial charge on any atom is -1.00 e. The molecule has 0 saturated heterocycles. The van der Waals surface area contributed by atoms with E-state index < -0.39 is 5.97 Å². The molecular formula is C26H55ClN2O2. The fourth-order valence-corrected chi connectivity index (χ4v) is 2.89. The lowest BCUT2D eigenvalue weighted by Crippen LogP contribution is -3.00. The fraction of sp³-hybridized carbons (Fsp3) is 0.885. The van der Waals surface area contributed by atoms with Crippen LogP contribution in [0.1, 0.15) is 122 Å². The molecule has 0 bridgehead atoms. The molecule has 0 aliphatic carbocycles. The average molecular weight is 463 g/mol. The normalized spacial score (nSPS) is 9.19. The van der Waals surface area contributed by atoms with E-state index >= 15 is 0 Å². The van der Waals surface area contributed by atoms with Crippen LogP contribution in [0.25, 0.3) is 0 Å². The standard InChI is InChI=1S/C22H40O2.2C2H7N.ClH/c1-2-3-4-5-6-7-8-9-10-11-12-13-14-15-16-17-18-19-20-21-22(23)24;2*1-3-2;/h2-8,11-21H2,1H3,(H,23,24);2*3H,1-2H3;1H. The van der Waals surface area contributed by atoms with Crippen LogP contribution < -0.4 is 28.1 Å². The molecule has 188 valence electrons. The molecule has 0 aromatic rings. The van der Waals surface area contributed by atoms with Crippen LogP contribution in [0.4, 0.5) is 0 Å². The van der Waals surface area contributed by atoms with Gasteiger partial charge in [0.05, 0.1) is 28.2 Å². The molecule has 0 atom stereocenters. The second kappa shape index (κ2) is 39.7. The molecule has 0 saturated carbocycles. The Hall–Kier alpha value is -0.760. The second-order valence-corrected chi connectivity index (χ2v) is 8.08. The van der Waals surface area contributed by atoms with Gasteiger partial charge in [-0.2, -0.15) is 0 Å². The number of carboxylic acid groups (broad SMARTS) is 1. The third-order valence-electron chi connectivity index (χ3n) is 4.46. The smallest absolute Gasteiger partial charge is 0.0647 e. The summed E-state index contributed by atoms with van der Waals surface area (Å²) in [5, 5.41) is 14.3. The van der Waals surface area contributed by atoms with Crippen molar-refractivity contribution in [2.24, 2.45) is 0 Å². The first-order chi connectivity index (χ1) is 14.6.